The number of nitrogens with zero attached hydrogens (tertiary/aromatic N) is 1. The van der Waals surface area contributed by atoms with Gasteiger partial charge < -0.3 is 10.1 Å². The first kappa shape index (κ1) is 16.2. The molecule has 0 saturated heterocycles. The second-order valence-corrected chi connectivity index (χ2v) is 6.37. The standard InChI is InChI=1S/C20H15N3O2S/c24-18-17(19(25)23-20(26)22-18)14(10-12-6-2-1-3-7-12)15-11-21-16-9-5-4-8-13(15)16/h1-9,11H,10H2,(H3,22,23,24,25,26)/b15-14+. The molecule has 1 aliphatic heterocycles. The zero-order chi connectivity index (χ0) is 18.1. The summed E-state index contributed by atoms with van der Waals surface area (Å²) in [6, 6.07) is 17.5. The summed E-state index contributed by atoms with van der Waals surface area (Å²) in [5.41, 5.74) is 4.05. The van der Waals surface area contributed by atoms with E-state index in [9.17, 15) is 9.90 Å². The van der Waals surface area contributed by atoms with Gasteiger partial charge in [0.2, 0.25) is 5.88 Å². The van der Waals surface area contributed by atoms with Gasteiger partial charge in [0.25, 0.3) is 5.56 Å². The van der Waals surface area contributed by atoms with E-state index in [1.807, 2.05) is 54.6 Å². The number of benzene rings is 2. The second kappa shape index (κ2) is 6.57. The summed E-state index contributed by atoms with van der Waals surface area (Å²) in [6.45, 7) is 0. The van der Waals surface area contributed by atoms with Crippen molar-refractivity contribution in [1.29, 1.82) is 0 Å². The lowest BCUT2D eigenvalue weighted by Crippen LogP contribution is -2.15. The first-order valence-electron chi connectivity index (χ1n) is 8.10. The highest BCUT2D eigenvalue weighted by atomic mass is 32.1. The van der Waals surface area contributed by atoms with Gasteiger partial charge in [0.05, 0.1) is 5.69 Å². The molecule has 0 spiro atoms. The number of aromatic nitrogens is 2. The zero-order valence-electron chi connectivity index (χ0n) is 13.7. The summed E-state index contributed by atoms with van der Waals surface area (Å²) in [5.74, 6) is -0.241. The lowest BCUT2D eigenvalue weighted by Gasteiger charge is -2.13. The van der Waals surface area contributed by atoms with E-state index < -0.39 is 5.56 Å². The first-order chi connectivity index (χ1) is 12.6. The van der Waals surface area contributed by atoms with Crippen molar-refractivity contribution < 1.29 is 5.11 Å². The summed E-state index contributed by atoms with van der Waals surface area (Å²) in [6.07, 6.45) is 2.21. The maximum absolute atomic E-state index is 12.6. The average Bonchev–Trinajstić information content (AvgIpc) is 3.05. The monoisotopic (exact) mass is 361 g/mol. The summed E-state index contributed by atoms with van der Waals surface area (Å²) < 4.78 is 0.0841. The van der Waals surface area contributed by atoms with E-state index >= 15 is 0 Å². The Kier molecular flexibility index (Phi) is 4.10. The fourth-order valence-corrected chi connectivity index (χ4v) is 3.32. The Morgan fingerprint density at radius 3 is 2.54 bits per heavy atom. The Hall–Kier alpha value is -3.25. The molecule has 0 fully saturated rings. The van der Waals surface area contributed by atoms with Crippen LogP contribution in [0.5, 0.6) is 5.88 Å². The largest absolute Gasteiger partial charge is 0.494 e. The van der Waals surface area contributed by atoms with Crippen molar-refractivity contribution in [1.82, 2.24) is 9.97 Å². The molecule has 3 aromatic rings. The normalized spacial score (nSPS) is 14.3. The highest BCUT2D eigenvalue weighted by Gasteiger charge is 2.22. The van der Waals surface area contributed by atoms with Crippen LogP contribution in [0.4, 0.5) is 5.69 Å². The van der Waals surface area contributed by atoms with Crippen molar-refractivity contribution in [3.05, 3.63) is 86.4 Å². The van der Waals surface area contributed by atoms with Crippen LogP contribution in [0.15, 0.2) is 64.4 Å². The fourth-order valence-electron chi connectivity index (χ4n) is 3.13. The number of hydrogen-bond acceptors (Lipinski definition) is 4. The van der Waals surface area contributed by atoms with Crippen LogP contribution in [0.2, 0.25) is 0 Å². The number of aromatic amines is 2. The van der Waals surface area contributed by atoms with Crippen molar-refractivity contribution in [3.63, 3.8) is 0 Å². The molecular formula is C20H15N3O2S. The van der Waals surface area contributed by atoms with Gasteiger partial charge in [-0.05, 0) is 35.8 Å². The average molecular weight is 361 g/mol. The van der Waals surface area contributed by atoms with Crippen LogP contribution in [-0.4, -0.2) is 21.3 Å². The van der Waals surface area contributed by atoms with Gasteiger partial charge in [-0.15, -0.1) is 0 Å². The number of hydrogen-bond donors (Lipinski definition) is 3. The molecule has 128 valence electrons. The van der Waals surface area contributed by atoms with Crippen molar-refractivity contribution in [2.24, 2.45) is 4.99 Å². The van der Waals surface area contributed by atoms with Gasteiger partial charge in [-0.1, -0.05) is 48.5 Å². The van der Waals surface area contributed by atoms with Gasteiger partial charge in [-0.2, -0.15) is 0 Å². The van der Waals surface area contributed by atoms with Crippen LogP contribution in [-0.2, 0) is 6.42 Å². The molecule has 3 N–H and O–H groups in total. The molecule has 6 heteroatoms. The number of H-pyrrole nitrogens is 2. The molecule has 4 rings (SSSR count). The molecule has 0 unspecified atom stereocenters. The van der Waals surface area contributed by atoms with Gasteiger partial charge in [-0.3, -0.25) is 14.8 Å². The molecule has 2 heterocycles. The van der Waals surface area contributed by atoms with E-state index in [4.69, 9.17) is 12.2 Å². The van der Waals surface area contributed by atoms with Gasteiger partial charge in [0.15, 0.2) is 4.77 Å². The lowest BCUT2D eigenvalue weighted by molar-refractivity contribution is 0.448. The van der Waals surface area contributed by atoms with Crippen LogP contribution in [0, 0.1) is 4.77 Å². The topological polar surface area (TPSA) is 81.2 Å². The van der Waals surface area contributed by atoms with E-state index in [0.717, 1.165) is 22.4 Å². The summed E-state index contributed by atoms with van der Waals surface area (Å²) in [4.78, 5) is 22.2. The highest BCUT2D eigenvalue weighted by Crippen LogP contribution is 2.38. The van der Waals surface area contributed by atoms with Crippen molar-refractivity contribution in [2.45, 2.75) is 6.42 Å². The van der Waals surface area contributed by atoms with Gasteiger partial charge >= 0.3 is 0 Å². The third kappa shape index (κ3) is 2.91. The minimum absolute atomic E-state index is 0.0841. The number of para-hydroxylation sites is 1. The summed E-state index contributed by atoms with van der Waals surface area (Å²) in [7, 11) is 0. The second-order valence-electron chi connectivity index (χ2n) is 5.96. The molecule has 5 nitrogen and oxygen atoms in total. The van der Waals surface area contributed by atoms with Crippen molar-refractivity contribution >= 4 is 35.3 Å². The van der Waals surface area contributed by atoms with Gasteiger partial charge in [0.1, 0.15) is 5.56 Å². The SMILES string of the molecule is O=c1[nH]c(=S)[nH]c(O)c1/C(Cc1ccccc1)=C1\C=Nc2ccccc21. The number of aromatic hydroxyl groups is 1. The molecule has 0 saturated carbocycles. The van der Waals surface area contributed by atoms with Crippen LogP contribution in [0.25, 0.3) is 11.1 Å². The van der Waals surface area contributed by atoms with E-state index in [0.29, 0.717) is 12.0 Å². The van der Waals surface area contributed by atoms with Crippen LogP contribution in [0.3, 0.4) is 0 Å². The molecule has 0 atom stereocenters. The molecule has 26 heavy (non-hydrogen) atoms. The van der Waals surface area contributed by atoms with Crippen molar-refractivity contribution in [3.8, 4) is 5.88 Å². The molecule has 0 radical (unpaired) electrons. The number of nitrogens with one attached hydrogen (secondary N) is 2. The Morgan fingerprint density at radius 2 is 1.77 bits per heavy atom. The highest BCUT2D eigenvalue weighted by molar-refractivity contribution is 7.71. The van der Waals surface area contributed by atoms with Crippen LogP contribution in [0.1, 0.15) is 16.7 Å². The molecule has 0 aliphatic carbocycles. The minimum atomic E-state index is -0.428. The van der Waals surface area contributed by atoms with E-state index in [-0.39, 0.29) is 16.2 Å². The Labute approximate surface area is 154 Å². The summed E-state index contributed by atoms with van der Waals surface area (Å²) >= 11 is 4.95. The molecular weight excluding hydrogens is 346 g/mol. The maximum Gasteiger partial charge on any atom is 0.263 e. The zero-order valence-corrected chi connectivity index (χ0v) is 14.5. The van der Waals surface area contributed by atoms with Crippen molar-refractivity contribution in [2.75, 3.05) is 0 Å². The van der Waals surface area contributed by atoms with E-state index in [1.165, 1.54) is 0 Å². The van der Waals surface area contributed by atoms with E-state index in [1.54, 1.807) is 6.21 Å². The minimum Gasteiger partial charge on any atom is -0.494 e. The predicted octanol–water partition coefficient (Wildman–Crippen LogP) is 4.01. The molecule has 1 aromatic heterocycles. The maximum atomic E-state index is 12.6. The molecule has 0 bridgehead atoms. The van der Waals surface area contributed by atoms with Crippen LogP contribution < -0.4 is 5.56 Å². The van der Waals surface area contributed by atoms with Crippen LogP contribution >= 0.6 is 12.2 Å². The number of allylic oxidation sites excluding steroid dienone is 2. The fraction of sp³-hybridized carbons (Fsp3) is 0.0500. The first-order valence-corrected chi connectivity index (χ1v) is 8.51. The number of aliphatic imine (C=N–C) groups is 1. The molecule has 0 amide bonds. The molecule has 1 aliphatic rings. The lowest BCUT2D eigenvalue weighted by atomic mass is 9.92. The number of fused-ring (bicyclic) bond motifs is 1. The predicted molar refractivity (Wildman–Crippen MR) is 105 cm³/mol. The Morgan fingerprint density at radius 1 is 1.04 bits per heavy atom. The Bertz CT molecular complexity index is 1160. The summed E-state index contributed by atoms with van der Waals surface area (Å²) in [5, 5.41) is 10.4. The third-order valence-electron chi connectivity index (χ3n) is 4.30. The molecule has 2 aromatic carbocycles. The number of rotatable bonds is 3. The van der Waals surface area contributed by atoms with Gasteiger partial charge in [0, 0.05) is 17.4 Å². The Balaban J connectivity index is 1.99. The smallest absolute Gasteiger partial charge is 0.263 e. The quantitative estimate of drug-likeness (QED) is 0.617. The van der Waals surface area contributed by atoms with Gasteiger partial charge in [-0.25, -0.2) is 0 Å². The van der Waals surface area contributed by atoms with E-state index in [2.05, 4.69) is 15.0 Å². The third-order valence-corrected chi connectivity index (χ3v) is 4.50.